The third kappa shape index (κ3) is 7.30. The number of nitrogens with zero attached hydrogens (tertiary/aromatic N) is 2. The predicted molar refractivity (Wildman–Crippen MR) is 148 cm³/mol. The fraction of sp³-hybridized carbons (Fsp3) is 0.464. The van der Waals surface area contributed by atoms with Gasteiger partial charge in [0.25, 0.3) is 5.91 Å². The number of methoxy groups -OCH3 is 1. The van der Waals surface area contributed by atoms with E-state index in [9.17, 15) is 9.90 Å². The number of anilines is 1. The highest BCUT2D eigenvalue weighted by molar-refractivity contribution is 6.48. The zero-order valence-corrected chi connectivity index (χ0v) is 22.5. The van der Waals surface area contributed by atoms with Gasteiger partial charge in [-0.05, 0) is 61.7 Å². The van der Waals surface area contributed by atoms with Crippen LogP contribution in [0.1, 0.15) is 56.2 Å². The standard InChI is InChI=1S/C28H40N6O3/c1-6-33(4)14-13-31-17-19-7-11-21(12-8-19)34(27(30)28(36)32-20-9-10-20)26(29)23-15-22(18(2)3)25(37-5)16-24(23)35/h7-8,11-12,15-16,18,20,29-31,35H,6,9-10,13-14,17H2,1-5H3,(H,32,36). The molecule has 9 heteroatoms. The number of phenols is 1. The summed E-state index contributed by atoms with van der Waals surface area (Å²) in [5.41, 5.74) is 2.60. The number of likely N-dealkylation sites (N-methyl/N-ethyl adjacent to an activating group) is 1. The molecule has 1 saturated carbocycles. The number of ether oxygens (including phenoxy) is 1. The van der Waals surface area contributed by atoms with Gasteiger partial charge in [-0.25, -0.2) is 0 Å². The number of phenolic OH excluding ortho intramolecular Hbond substituents is 1. The largest absolute Gasteiger partial charge is 0.507 e. The van der Waals surface area contributed by atoms with E-state index in [1.807, 2.05) is 26.0 Å². The summed E-state index contributed by atoms with van der Waals surface area (Å²) < 4.78 is 5.42. The molecule has 0 aliphatic heterocycles. The molecule has 0 heterocycles. The molecule has 2 aromatic carbocycles. The Morgan fingerprint density at radius 1 is 1.19 bits per heavy atom. The number of carbonyl (C=O) groups is 1. The molecule has 0 bridgehead atoms. The van der Waals surface area contributed by atoms with Crippen LogP contribution in [-0.2, 0) is 11.3 Å². The average molecular weight is 509 g/mol. The Kier molecular flexibility index (Phi) is 9.66. The topological polar surface area (TPSA) is 125 Å². The summed E-state index contributed by atoms with van der Waals surface area (Å²) in [6.45, 7) is 9.63. The maximum absolute atomic E-state index is 12.9. The lowest BCUT2D eigenvalue weighted by Crippen LogP contribution is -2.46. The highest BCUT2D eigenvalue weighted by Gasteiger charge is 2.31. The van der Waals surface area contributed by atoms with E-state index in [0.717, 1.165) is 43.6 Å². The van der Waals surface area contributed by atoms with Crippen molar-refractivity contribution in [3.05, 3.63) is 53.1 Å². The second-order valence-electron chi connectivity index (χ2n) is 9.79. The Hall–Kier alpha value is -3.43. The van der Waals surface area contributed by atoms with Crippen LogP contribution >= 0.6 is 0 Å². The van der Waals surface area contributed by atoms with E-state index in [-0.39, 0.29) is 34.9 Å². The summed E-state index contributed by atoms with van der Waals surface area (Å²) in [6, 6.07) is 10.7. The second kappa shape index (κ2) is 12.7. The minimum absolute atomic E-state index is 0.0750. The van der Waals surface area contributed by atoms with Gasteiger partial charge in [-0.2, -0.15) is 0 Å². The monoisotopic (exact) mass is 508 g/mol. The number of hydrogen-bond donors (Lipinski definition) is 5. The molecule has 9 nitrogen and oxygen atoms in total. The van der Waals surface area contributed by atoms with Gasteiger partial charge in [0.1, 0.15) is 17.3 Å². The summed E-state index contributed by atoms with van der Waals surface area (Å²) in [5.74, 6) is -0.617. The second-order valence-corrected chi connectivity index (χ2v) is 9.79. The van der Waals surface area contributed by atoms with Gasteiger partial charge >= 0.3 is 0 Å². The van der Waals surface area contributed by atoms with Crippen LogP contribution in [0, 0.1) is 10.8 Å². The summed E-state index contributed by atoms with van der Waals surface area (Å²) in [4.78, 5) is 16.4. The molecule has 0 saturated heterocycles. The van der Waals surface area contributed by atoms with Crippen molar-refractivity contribution < 1.29 is 14.6 Å². The Morgan fingerprint density at radius 3 is 2.43 bits per heavy atom. The third-order valence-corrected chi connectivity index (χ3v) is 6.53. The first-order valence-corrected chi connectivity index (χ1v) is 12.8. The first-order valence-electron chi connectivity index (χ1n) is 12.8. The minimum atomic E-state index is -0.546. The SMILES string of the molecule is CCN(C)CCNCc1ccc(N(C(=N)C(=O)NC2CC2)C(=N)c2cc(C(C)C)c(OC)cc2O)cc1. The summed E-state index contributed by atoms with van der Waals surface area (Å²) in [5, 5.41) is 34.7. The maximum atomic E-state index is 12.9. The lowest BCUT2D eigenvalue weighted by molar-refractivity contribution is -0.115. The number of aromatic hydroxyl groups is 1. The average Bonchev–Trinajstić information content (AvgIpc) is 3.70. The molecule has 1 aliphatic carbocycles. The lowest BCUT2D eigenvalue weighted by atomic mass is 9.98. The fourth-order valence-electron chi connectivity index (χ4n) is 3.90. The molecule has 0 atom stereocenters. The Labute approximate surface area is 219 Å². The number of hydrogen-bond acceptors (Lipinski definition) is 7. The van der Waals surface area contributed by atoms with Gasteiger partial charge in [0.05, 0.1) is 12.7 Å². The molecule has 0 spiro atoms. The van der Waals surface area contributed by atoms with E-state index < -0.39 is 5.91 Å². The molecule has 0 radical (unpaired) electrons. The van der Waals surface area contributed by atoms with Crippen molar-refractivity contribution in [3.8, 4) is 11.5 Å². The molecule has 1 fully saturated rings. The molecule has 0 aromatic heterocycles. The van der Waals surface area contributed by atoms with Gasteiger partial charge in [0.2, 0.25) is 0 Å². The third-order valence-electron chi connectivity index (χ3n) is 6.53. The summed E-state index contributed by atoms with van der Waals surface area (Å²) in [6.07, 6.45) is 1.78. The van der Waals surface area contributed by atoms with E-state index >= 15 is 0 Å². The molecule has 3 rings (SSSR count). The van der Waals surface area contributed by atoms with E-state index in [1.165, 1.54) is 18.1 Å². The van der Waals surface area contributed by atoms with Crippen LogP contribution in [0.15, 0.2) is 36.4 Å². The van der Waals surface area contributed by atoms with Gasteiger partial charge in [0, 0.05) is 37.4 Å². The van der Waals surface area contributed by atoms with Crippen molar-refractivity contribution >= 4 is 23.3 Å². The van der Waals surface area contributed by atoms with Crippen LogP contribution in [0.2, 0.25) is 0 Å². The first-order chi connectivity index (χ1) is 17.7. The van der Waals surface area contributed by atoms with Crippen LogP contribution in [0.5, 0.6) is 11.5 Å². The zero-order valence-electron chi connectivity index (χ0n) is 22.5. The molecular formula is C28H40N6O3. The van der Waals surface area contributed by atoms with Gasteiger partial charge in [-0.15, -0.1) is 0 Å². The molecule has 1 aliphatic rings. The van der Waals surface area contributed by atoms with Gasteiger partial charge in [0.15, 0.2) is 5.84 Å². The van der Waals surface area contributed by atoms with Crippen molar-refractivity contribution in [1.29, 1.82) is 10.8 Å². The van der Waals surface area contributed by atoms with E-state index in [2.05, 4.69) is 29.5 Å². The fourth-order valence-corrected chi connectivity index (χ4v) is 3.90. The van der Waals surface area contributed by atoms with E-state index in [0.29, 0.717) is 18.0 Å². The normalized spacial score (nSPS) is 13.1. The van der Waals surface area contributed by atoms with Crippen LogP contribution < -0.4 is 20.3 Å². The molecule has 1 amide bonds. The first kappa shape index (κ1) is 28.1. The smallest absolute Gasteiger partial charge is 0.287 e. The van der Waals surface area contributed by atoms with Crippen LogP contribution in [0.4, 0.5) is 5.69 Å². The van der Waals surface area contributed by atoms with Crippen molar-refractivity contribution in [3.63, 3.8) is 0 Å². The maximum Gasteiger partial charge on any atom is 0.287 e. The summed E-state index contributed by atoms with van der Waals surface area (Å²) in [7, 11) is 3.62. The summed E-state index contributed by atoms with van der Waals surface area (Å²) >= 11 is 0. The van der Waals surface area contributed by atoms with Crippen LogP contribution in [0.25, 0.3) is 0 Å². The molecular weight excluding hydrogens is 468 g/mol. The Bertz CT molecular complexity index is 1110. The van der Waals surface area contributed by atoms with Gasteiger partial charge < -0.3 is 25.4 Å². The molecule has 2 aromatic rings. The van der Waals surface area contributed by atoms with Gasteiger partial charge in [-0.3, -0.25) is 20.5 Å². The highest BCUT2D eigenvalue weighted by Crippen LogP contribution is 2.34. The van der Waals surface area contributed by atoms with Crippen molar-refractivity contribution in [1.82, 2.24) is 15.5 Å². The molecule has 5 N–H and O–H groups in total. The zero-order chi connectivity index (χ0) is 27.1. The number of benzene rings is 2. The quantitative estimate of drug-likeness (QED) is 0.179. The molecule has 0 unspecified atom stereocenters. The molecule has 37 heavy (non-hydrogen) atoms. The van der Waals surface area contributed by atoms with Crippen LogP contribution in [0.3, 0.4) is 0 Å². The number of rotatable bonds is 11. The van der Waals surface area contributed by atoms with Crippen LogP contribution in [-0.4, -0.2) is 67.4 Å². The highest BCUT2D eigenvalue weighted by atomic mass is 16.5. The van der Waals surface area contributed by atoms with Crippen molar-refractivity contribution in [2.45, 2.75) is 52.1 Å². The molecule has 200 valence electrons. The lowest BCUT2D eigenvalue weighted by Gasteiger charge is -2.26. The number of amides is 1. The van der Waals surface area contributed by atoms with Crippen molar-refractivity contribution in [2.24, 2.45) is 0 Å². The van der Waals surface area contributed by atoms with E-state index in [4.69, 9.17) is 15.6 Å². The predicted octanol–water partition coefficient (Wildman–Crippen LogP) is 3.65. The minimum Gasteiger partial charge on any atom is -0.507 e. The van der Waals surface area contributed by atoms with E-state index in [1.54, 1.807) is 18.2 Å². The Balaban J connectivity index is 1.88. The Morgan fingerprint density at radius 2 is 1.86 bits per heavy atom. The number of amidine groups is 2. The van der Waals surface area contributed by atoms with Gasteiger partial charge in [-0.1, -0.05) is 32.9 Å². The number of nitrogens with one attached hydrogen (secondary N) is 4. The number of carbonyl (C=O) groups excluding carboxylic acids is 1. The van der Waals surface area contributed by atoms with Crippen molar-refractivity contribution in [2.75, 3.05) is 38.7 Å².